The largest absolute Gasteiger partial charge is 0.356 e. The van der Waals surface area contributed by atoms with Gasteiger partial charge < -0.3 is 16.0 Å². The molecule has 26 heavy (non-hydrogen) atoms. The number of carbonyl (C=O) groups is 1. The third-order valence-corrected chi connectivity index (χ3v) is 4.25. The molecule has 0 fully saturated rings. The van der Waals surface area contributed by atoms with Gasteiger partial charge in [0.15, 0.2) is 5.96 Å². The Labute approximate surface area is 163 Å². The Morgan fingerprint density at radius 2 is 1.81 bits per heavy atom. The molecule has 0 radical (unpaired) electrons. The summed E-state index contributed by atoms with van der Waals surface area (Å²) in [4.78, 5) is 20.5. The molecule has 2 aromatic rings. The predicted octanol–water partition coefficient (Wildman–Crippen LogP) is 2.53. The molecule has 1 heterocycles. The molecule has 1 aromatic carbocycles. The number of guanidine groups is 1. The van der Waals surface area contributed by atoms with Crippen LogP contribution in [0.15, 0.2) is 47.6 Å². The zero-order valence-electron chi connectivity index (χ0n) is 14.4. The molecule has 6 nitrogen and oxygen atoms in total. The molecule has 2 rings (SSSR count). The number of pyridine rings is 1. The third-order valence-electron chi connectivity index (χ3n) is 3.51. The molecule has 8 heteroatoms. The number of carbonyl (C=O) groups excluding carboxylic acids is 1. The molecule has 0 aliphatic rings. The molecular formula is C18H21Cl2N5O. The van der Waals surface area contributed by atoms with E-state index in [-0.39, 0.29) is 5.91 Å². The van der Waals surface area contributed by atoms with Crippen molar-refractivity contribution in [3.05, 3.63) is 63.9 Å². The van der Waals surface area contributed by atoms with Gasteiger partial charge in [-0.2, -0.15) is 0 Å². The van der Waals surface area contributed by atoms with Crippen molar-refractivity contribution in [2.75, 3.05) is 26.7 Å². The van der Waals surface area contributed by atoms with E-state index in [0.29, 0.717) is 41.2 Å². The number of amides is 1. The fourth-order valence-corrected chi connectivity index (χ4v) is 2.47. The molecule has 3 N–H and O–H groups in total. The van der Waals surface area contributed by atoms with E-state index in [2.05, 4.69) is 25.9 Å². The maximum Gasteiger partial charge on any atom is 0.251 e. The minimum Gasteiger partial charge on any atom is -0.356 e. The standard InChI is InChI=1S/C18H21Cl2N5O/c1-21-18(24-9-7-14-4-2-3-8-22-14)25-11-10-23-17(26)13-5-6-15(19)16(20)12-13/h2-6,8,12H,7,9-11H2,1H3,(H,23,26)(H2,21,24,25). The monoisotopic (exact) mass is 393 g/mol. The summed E-state index contributed by atoms with van der Waals surface area (Å²) < 4.78 is 0. The Balaban J connectivity index is 1.67. The molecular weight excluding hydrogens is 373 g/mol. The van der Waals surface area contributed by atoms with Crippen LogP contribution in [0.2, 0.25) is 10.0 Å². The summed E-state index contributed by atoms with van der Waals surface area (Å²) in [7, 11) is 1.70. The number of halogens is 2. The Morgan fingerprint density at radius 1 is 1.04 bits per heavy atom. The van der Waals surface area contributed by atoms with Gasteiger partial charge in [-0.25, -0.2) is 0 Å². The predicted molar refractivity (Wildman–Crippen MR) is 106 cm³/mol. The SMILES string of the molecule is CN=C(NCCNC(=O)c1ccc(Cl)c(Cl)c1)NCCc1ccccn1. The van der Waals surface area contributed by atoms with Crippen LogP contribution >= 0.6 is 23.2 Å². The fourth-order valence-electron chi connectivity index (χ4n) is 2.17. The van der Waals surface area contributed by atoms with E-state index in [4.69, 9.17) is 23.2 Å². The fraction of sp³-hybridized carbons (Fsp3) is 0.278. The second-order valence-electron chi connectivity index (χ2n) is 5.38. The average molecular weight is 394 g/mol. The van der Waals surface area contributed by atoms with Gasteiger partial charge in [-0.05, 0) is 30.3 Å². The lowest BCUT2D eigenvalue weighted by Gasteiger charge is -2.12. The number of hydrogen-bond acceptors (Lipinski definition) is 3. The molecule has 0 bridgehead atoms. The normalized spacial score (nSPS) is 11.1. The van der Waals surface area contributed by atoms with Crippen LogP contribution in [0, 0.1) is 0 Å². The van der Waals surface area contributed by atoms with Gasteiger partial charge in [-0.15, -0.1) is 0 Å². The molecule has 0 atom stereocenters. The third kappa shape index (κ3) is 6.54. The molecule has 1 aromatic heterocycles. The van der Waals surface area contributed by atoms with Gasteiger partial charge >= 0.3 is 0 Å². The van der Waals surface area contributed by atoms with Crippen molar-refractivity contribution in [1.29, 1.82) is 0 Å². The zero-order valence-corrected chi connectivity index (χ0v) is 15.9. The molecule has 1 amide bonds. The van der Waals surface area contributed by atoms with Crippen molar-refractivity contribution in [1.82, 2.24) is 20.9 Å². The average Bonchev–Trinajstić information content (AvgIpc) is 2.66. The number of rotatable bonds is 7. The number of nitrogens with one attached hydrogen (secondary N) is 3. The summed E-state index contributed by atoms with van der Waals surface area (Å²) in [6.45, 7) is 1.70. The van der Waals surface area contributed by atoms with Gasteiger partial charge in [0, 0.05) is 50.6 Å². The van der Waals surface area contributed by atoms with Crippen LogP contribution in [-0.2, 0) is 6.42 Å². The molecule has 138 valence electrons. The van der Waals surface area contributed by atoms with E-state index in [9.17, 15) is 4.79 Å². The summed E-state index contributed by atoms with van der Waals surface area (Å²) in [5.41, 5.74) is 1.49. The van der Waals surface area contributed by atoms with Crippen molar-refractivity contribution < 1.29 is 4.79 Å². The molecule has 0 aliphatic carbocycles. The van der Waals surface area contributed by atoms with Crippen LogP contribution in [0.25, 0.3) is 0 Å². The first-order valence-corrected chi connectivity index (χ1v) is 8.93. The minimum absolute atomic E-state index is 0.205. The highest BCUT2D eigenvalue weighted by Gasteiger charge is 2.07. The van der Waals surface area contributed by atoms with Crippen molar-refractivity contribution >= 4 is 35.1 Å². The summed E-state index contributed by atoms with van der Waals surface area (Å²) in [6.07, 6.45) is 2.58. The summed E-state index contributed by atoms with van der Waals surface area (Å²) in [5.74, 6) is 0.466. The van der Waals surface area contributed by atoms with E-state index >= 15 is 0 Å². The number of benzene rings is 1. The lowest BCUT2D eigenvalue weighted by atomic mass is 10.2. The Hall–Kier alpha value is -2.31. The van der Waals surface area contributed by atoms with Crippen LogP contribution in [-0.4, -0.2) is 43.5 Å². The molecule has 0 aliphatic heterocycles. The van der Waals surface area contributed by atoms with Gasteiger partial charge in [0.2, 0.25) is 0 Å². The van der Waals surface area contributed by atoms with Crippen molar-refractivity contribution in [2.24, 2.45) is 4.99 Å². The lowest BCUT2D eigenvalue weighted by Crippen LogP contribution is -2.42. The van der Waals surface area contributed by atoms with Gasteiger partial charge in [-0.1, -0.05) is 29.3 Å². The summed E-state index contributed by atoms with van der Waals surface area (Å²) in [5, 5.41) is 9.93. The van der Waals surface area contributed by atoms with E-state index < -0.39 is 0 Å². The van der Waals surface area contributed by atoms with Crippen LogP contribution in [0.4, 0.5) is 0 Å². The number of nitrogens with zero attached hydrogens (tertiary/aromatic N) is 2. The Kier molecular flexibility index (Phi) is 8.18. The summed E-state index contributed by atoms with van der Waals surface area (Å²) in [6, 6.07) is 10.6. The van der Waals surface area contributed by atoms with Gasteiger partial charge in [0.05, 0.1) is 10.0 Å². The van der Waals surface area contributed by atoms with E-state index in [0.717, 1.165) is 12.1 Å². The smallest absolute Gasteiger partial charge is 0.251 e. The van der Waals surface area contributed by atoms with Crippen molar-refractivity contribution in [2.45, 2.75) is 6.42 Å². The first-order valence-electron chi connectivity index (χ1n) is 8.18. The number of hydrogen-bond donors (Lipinski definition) is 3. The first kappa shape index (κ1) is 20.0. The maximum atomic E-state index is 12.1. The quantitative estimate of drug-likeness (QED) is 0.383. The highest BCUT2D eigenvalue weighted by Crippen LogP contribution is 2.22. The first-order chi connectivity index (χ1) is 12.6. The molecule has 0 saturated carbocycles. The van der Waals surface area contributed by atoms with Gasteiger partial charge in [0.1, 0.15) is 0 Å². The second-order valence-corrected chi connectivity index (χ2v) is 6.20. The minimum atomic E-state index is -0.205. The second kappa shape index (κ2) is 10.6. The Morgan fingerprint density at radius 3 is 2.50 bits per heavy atom. The topological polar surface area (TPSA) is 78.4 Å². The highest BCUT2D eigenvalue weighted by atomic mass is 35.5. The molecule has 0 unspecified atom stereocenters. The highest BCUT2D eigenvalue weighted by molar-refractivity contribution is 6.42. The van der Waals surface area contributed by atoms with E-state index in [1.54, 1.807) is 31.4 Å². The van der Waals surface area contributed by atoms with Crippen molar-refractivity contribution in [3.8, 4) is 0 Å². The molecule has 0 saturated heterocycles. The zero-order chi connectivity index (χ0) is 18.8. The Bertz CT molecular complexity index is 753. The summed E-state index contributed by atoms with van der Waals surface area (Å²) >= 11 is 11.8. The van der Waals surface area contributed by atoms with E-state index in [1.165, 1.54) is 0 Å². The van der Waals surface area contributed by atoms with Gasteiger partial charge in [-0.3, -0.25) is 14.8 Å². The van der Waals surface area contributed by atoms with Crippen LogP contribution < -0.4 is 16.0 Å². The van der Waals surface area contributed by atoms with Crippen LogP contribution in [0.3, 0.4) is 0 Å². The lowest BCUT2D eigenvalue weighted by molar-refractivity contribution is 0.0954. The van der Waals surface area contributed by atoms with Gasteiger partial charge in [0.25, 0.3) is 5.91 Å². The number of aliphatic imine (C=N–C) groups is 1. The molecule has 0 spiro atoms. The van der Waals surface area contributed by atoms with E-state index in [1.807, 2.05) is 18.2 Å². The van der Waals surface area contributed by atoms with Crippen LogP contribution in [0.1, 0.15) is 16.1 Å². The number of aromatic nitrogens is 1. The van der Waals surface area contributed by atoms with Crippen molar-refractivity contribution in [3.63, 3.8) is 0 Å². The van der Waals surface area contributed by atoms with Crippen LogP contribution in [0.5, 0.6) is 0 Å². The maximum absolute atomic E-state index is 12.1.